The quantitative estimate of drug-likeness (QED) is 0.426. The summed E-state index contributed by atoms with van der Waals surface area (Å²) in [4.78, 5) is 30.6. The number of nitrogens with one attached hydrogen (secondary N) is 1. The van der Waals surface area contributed by atoms with Crippen molar-refractivity contribution in [2.45, 2.75) is 49.2 Å². The van der Waals surface area contributed by atoms with Crippen molar-refractivity contribution in [3.05, 3.63) is 70.0 Å². The number of carbonyl (C=O) groups excluding carboxylic acids is 1. The van der Waals surface area contributed by atoms with Crippen molar-refractivity contribution in [3.8, 4) is 0 Å². The molecule has 0 aliphatic heterocycles. The van der Waals surface area contributed by atoms with Crippen LogP contribution in [0.3, 0.4) is 0 Å². The molecule has 6 nitrogen and oxygen atoms in total. The number of rotatable bonds is 8. The van der Waals surface area contributed by atoms with E-state index in [1.54, 1.807) is 29.9 Å². The fraction of sp³-hybridized carbons (Fsp3) is 0.375. The number of methoxy groups -OCH3 is 1. The number of hydrogen-bond acceptors (Lipinski definition) is 5. The largest absolute Gasteiger partial charge is 0.383 e. The molecule has 162 valence electrons. The zero-order valence-corrected chi connectivity index (χ0v) is 18.5. The van der Waals surface area contributed by atoms with Gasteiger partial charge in [-0.05, 0) is 36.6 Å². The predicted octanol–water partition coefficient (Wildman–Crippen LogP) is 4.01. The maximum Gasteiger partial charge on any atom is 0.262 e. The van der Waals surface area contributed by atoms with Crippen molar-refractivity contribution in [2.24, 2.45) is 0 Å². The molecule has 1 aliphatic rings. The molecule has 2 aromatic carbocycles. The summed E-state index contributed by atoms with van der Waals surface area (Å²) in [6.45, 7) is 0.854. The van der Waals surface area contributed by atoms with Crippen molar-refractivity contribution in [3.63, 3.8) is 0 Å². The summed E-state index contributed by atoms with van der Waals surface area (Å²) in [6, 6.07) is 15.5. The van der Waals surface area contributed by atoms with Gasteiger partial charge in [-0.2, -0.15) is 0 Å². The molecule has 7 heteroatoms. The molecule has 31 heavy (non-hydrogen) atoms. The Hall–Kier alpha value is -2.64. The first-order valence-electron chi connectivity index (χ1n) is 10.7. The van der Waals surface area contributed by atoms with Gasteiger partial charge in [-0.3, -0.25) is 14.2 Å². The Morgan fingerprint density at radius 1 is 1.19 bits per heavy atom. The fourth-order valence-corrected chi connectivity index (χ4v) is 4.87. The van der Waals surface area contributed by atoms with Crippen LogP contribution in [-0.2, 0) is 17.0 Å². The summed E-state index contributed by atoms with van der Waals surface area (Å²) in [5.74, 6) is 0.603. The monoisotopic (exact) mass is 437 g/mol. The second-order valence-corrected chi connectivity index (χ2v) is 8.75. The first-order valence-corrected chi connectivity index (χ1v) is 11.7. The number of ether oxygens (including phenoxy) is 1. The molecule has 1 N–H and O–H groups in total. The average Bonchev–Trinajstić information content (AvgIpc) is 3.30. The van der Waals surface area contributed by atoms with Crippen molar-refractivity contribution in [2.75, 3.05) is 13.7 Å². The van der Waals surface area contributed by atoms with E-state index in [4.69, 9.17) is 9.72 Å². The van der Waals surface area contributed by atoms with Crippen molar-refractivity contribution < 1.29 is 9.53 Å². The van der Waals surface area contributed by atoms with Crippen LogP contribution in [0.1, 0.15) is 41.6 Å². The molecule has 4 rings (SSSR count). The summed E-state index contributed by atoms with van der Waals surface area (Å²) >= 11 is 1.52. The molecule has 0 saturated heterocycles. The van der Waals surface area contributed by atoms with Crippen molar-refractivity contribution >= 4 is 28.6 Å². The predicted molar refractivity (Wildman–Crippen MR) is 124 cm³/mol. The maximum atomic E-state index is 13.2. The molecule has 3 aromatic rings. The normalized spacial score (nSPS) is 14.2. The fourth-order valence-electron chi connectivity index (χ4n) is 3.89. The minimum Gasteiger partial charge on any atom is -0.383 e. The van der Waals surface area contributed by atoms with Gasteiger partial charge in [0.15, 0.2) is 5.16 Å². The van der Waals surface area contributed by atoms with Gasteiger partial charge in [0.2, 0.25) is 0 Å². The minimum absolute atomic E-state index is 0.0994. The van der Waals surface area contributed by atoms with E-state index in [0.717, 1.165) is 31.2 Å². The van der Waals surface area contributed by atoms with E-state index in [1.807, 2.05) is 18.2 Å². The molecule has 0 radical (unpaired) electrons. The third-order valence-electron chi connectivity index (χ3n) is 5.60. The molecule has 1 amide bonds. The van der Waals surface area contributed by atoms with Gasteiger partial charge in [0.05, 0.1) is 24.1 Å². The van der Waals surface area contributed by atoms with Gasteiger partial charge < -0.3 is 10.1 Å². The lowest BCUT2D eigenvalue weighted by atomic mass is 10.1. The highest BCUT2D eigenvalue weighted by molar-refractivity contribution is 7.98. The second kappa shape index (κ2) is 10.1. The van der Waals surface area contributed by atoms with Gasteiger partial charge in [-0.15, -0.1) is 0 Å². The first kappa shape index (κ1) is 21.6. The van der Waals surface area contributed by atoms with Gasteiger partial charge in [-0.25, -0.2) is 4.98 Å². The van der Waals surface area contributed by atoms with E-state index >= 15 is 0 Å². The lowest BCUT2D eigenvalue weighted by molar-refractivity contribution is 0.0938. The van der Waals surface area contributed by atoms with Gasteiger partial charge >= 0.3 is 0 Å². The van der Waals surface area contributed by atoms with E-state index in [9.17, 15) is 9.59 Å². The second-order valence-electron chi connectivity index (χ2n) is 7.81. The average molecular weight is 438 g/mol. The van der Waals surface area contributed by atoms with Gasteiger partial charge in [0.25, 0.3) is 11.5 Å². The Morgan fingerprint density at radius 2 is 1.97 bits per heavy atom. The van der Waals surface area contributed by atoms with Gasteiger partial charge in [-0.1, -0.05) is 54.9 Å². The summed E-state index contributed by atoms with van der Waals surface area (Å²) in [7, 11) is 1.62. The molecule has 1 aromatic heterocycles. The number of hydrogen-bond donors (Lipinski definition) is 1. The number of benzene rings is 2. The van der Waals surface area contributed by atoms with Crippen molar-refractivity contribution in [1.82, 2.24) is 14.9 Å². The molecule has 1 saturated carbocycles. The van der Waals surface area contributed by atoms with Crippen LogP contribution in [0.5, 0.6) is 0 Å². The van der Waals surface area contributed by atoms with E-state index in [0.29, 0.717) is 40.5 Å². The molecule has 0 spiro atoms. The van der Waals surface area contributed by atoms with Gasteiger partial charge in [0.1, 0.15) is 0 Å². The van der Waals surface area contributed by atoms with Crippen LogP contribution in [0, 0.1) is 0 Å². The summed E-state index contributed by atoms with van der Waals surface area (Å²) in [5.41, 5.74) is 2.14. The van der Waals surface area contributed by atoms with Gasteiger partial charge in [0, 0.05) is 24.5 Å². The molecule has 0 unspecified atom stereocenters. The SMILES string of the molecule is COCCn1c(SCc2ccccc2)nc2cc(C(=O)NC3CCCC3)ccc2c1=O. The van der Waals surface area contributed by atoms with Crippen LogP contribution < -0.4 is 10.9 Å². The lowest BCUT2D eigenvalue weighted by Gasteiger charge is -2.14. The zero-order valence-electron chi connectivity index (χ0n) is 17.7. The highest BCUT2D eigenvalue weighted by Crippen LogP contribution is 2.23. The summed E-state index contributed by atoms with van der Waals surface area (Å²) < 4.78 is 6.86. The topological polar surface area (TPSA) is 73.2 Å². The van der Waals surface area contributed by atoms with Crippen molar-refractivity contribution in [1.29, 1.82) is 0 Å². The number of nitrogens with zero attached hydrogens (tertiary/aromatic N) is 2. The third kappa shape index (κ3) is 5.17. The van der Waals surface area contributed by atoms with E-state index in [1.165, 1.54) is 11.8 Å². The summed E-state index contributed by atoms with van der Waals surface area (Å²) in [6.07, 6.45) is 4.38. The zero-order chi connectivity index (χ0) is 21.6. The minimum atomic E-state index is -0.111. The van der Waals surface area contributed by atoms with Crippen LogP contribution in [0.2, 0.25) is 0 Å². The number of carbonyl (C=O) groups is 1. The molecule has 0 atom stereocenters. The number of aromatic nitrogens is 2. The Balaban J connectivity index is 1.65. The number of fused-ring (bicyclic) bond motifs is 1. The van der Waals surface area contributed by atoms with Crippen LogP contribution in [0.4, 0.5) is 0 Å². The highest BCUT2D eigenvalue weighted by Gasteiger charge is 2.19. The Kier molecular flexibility index (Phi) is 7.04. The molecule has 0 bridgehead atoms. The maximum absolute atomic E-state index is 13.2. The van der Waals surface area contributed by atoms with Crippen LogP contribution in [-0.4, -0.2) is 35.2 Å². The Bertz CT molecular complexity index is 1110. The molecular formula is C24H27N3O3S. The molecule has 1 aliphatic carbocycles. The lowest BCUT2D eigenvalue weighted by Crippen LogP contribution is -2.32. The summed E-state index contributed by atoms with van der Waals surface area (Å²) in [5, 5.41) is 4.25. The molecular weight excluding hydrogens is 410 g/mol. The van der Waals surface area contributed by atoms with E-state index in [2.05, 4.69) is 17.4 Å². The molecule has 1 heterocycles. The third-order valence-corrected chi connectivity index (χ3v) is 6.65. The Morgan fingerprint density at radius 3 is 2.71 bits per heavy atom. The first-order chi connectivity index (χ1) is 15.2. The number of thioether (sulfide) groups is 1. The van der Waals surface area contributed by atoms with Crippen LogP contribution in [0.15, 0.2) is 58.5 Å². The smallest absolute Gasteiger partial charge is 0.262 e. The van der Waals surface area contributed by atoms with E-state index in [-0.39, 0.29) is 17.5 Å². The highest BCUT2D eigenvalue weighted by atomic mass is 32.2. The Labute approximate surface area is 186 Å². The van der Waals surface area contributed by atoms with Crippen LogP contribution >= 0.6 is 11.8 Å². The molecule has 1 fully saturated rings. The standard InChI is InChI=1S/C24H27N3O3S/c1-30-14-13-27-23(29)20-12-11-18(22(28)25-19-9-5-6-10-19)15-21(20)26-24(27)31-16-17-7-3-2-4-8-17/h2-4,7-8,11-12,15,19H,5-6,9-10,13-14,16H2,1H3,(H,25,28). The van der Waals surface area contributed by atoms with E-state index < -0.39 is 0 Å². The number of amides is 1. The van der Waals surface area contributed by atoms with Crippen LogP contribution in [0.25, 0.3) is 10.9 Å².